The molecule has 0 aromatic carbocycles. The first-order chi connectivity index (χ1) is 8.29. The number of carbonyl (C=O) groups is 1. The van der Waals surface area contributed by atoms with Gasteiger partial charge >= 0.3 is 0 Å². The van der Waals surface area contributed by atoms with Crippen LogP contribution in [0, 0.1) is 5.92 Å². The quantitative estimate of drug-likeness (QED) is 0.575. The molecule has 0 heterocycles. The third-order valence-corrected chi connectivity index (χ3v) is 3.67. The van der Waals surface area contributed by atoms with Crippen molar-refractivity contribution in [1.82, 2.24) is 0 Å². The highest BCUT2D eigenvalue weighted by molar-refractivity contribution is 5.89. The Kier molecular flexibility index (Phi) is 8.04. The molecule has 1 nitrogen and oxygen atoms in total. The van der Waals surface area contributed by atoms with E-state index in [1.807, 2.05) is 6.08 Å². The third kappa shape index (κ3) is 8.18. The maximum atomic E-state index is 11.6. The predicted octanol–water partition coefficient (Wildman–Crippen LogP) is 5.05. The van der Waals surface area contributed by atoms with Gasteiger partial charge in [-0.05, 0) is 24.8 Å². The zero-order valence-electron chi connectivity index (χ0n) is 11.4. The summed E-state index contributed by atoms with van der Waals surface area (Å²) in [6.45, 7) is 2.21. The van der Waals surface area contributed by atoms with Crippen LogP contribution in [0.1, 0.15) is 77.6 Å². The third-order valence-electron chi connectivity index (χ3n) is 3.67. The number of ketones is 1. The summed E-state index contributed by atoms with van der Waals surface area (Å²) in [5.41, 5.74) is 0. The van der Waals surface area contributed by atoms with E-state index in [4.69, 9.17) is 0 Å². The van der Waals surface area contributed by atoms with Crippen LogP contribution in [0.4, 0.5) is 0 Å². The van der Waals surface area contributed by atoms with Crippen LogP contribution in [0.25, 0.3) is 0 Å². The van der Waals surface area contributed by atoms with Crippen LogP contribution in [-0.2, 0) is 4.79 Å². The molecule has 1 rings (SSSR count). The van der Waals surface area contributed by atoms with Gasteiger partial charge in [0.05, 0.1) is 0 Å². The Labute approximate surface area is 107 Å². The molecular formula is C16H28O. The van der Waals surface area contributed by atoms with E-state index < -0.39 is 0 Å². The lowest BCUT2D eigenvalue weighted by atomic mass is 9.97. The molecule has 0 aromatic rings. The highest BCUT2D eigenvalue weighted by Crippen LogP contribution is 2.16. The van der Waals surface area contributed by atoms with Crippen LogP contribution in [0.2, 0.25) is 0 Å². The molecule has 0 amide bonds. The molecule has 1 aliphatic carbocycles. The van der Waals surface area contributed by atoms with Gasteiger partial charge in [-0.3, -0.25) is 4.79 Å². The summed E-state index contributed by atoms with van der Waals surface area (Å²) < 4.78 is 0. The Morgan fingerprint density at radius 1 is 0.941 bits per heavy atom. The molecule has 0 aromatic heterocycles. The molecule has 0 aliphatic heterocycles. The zero-order valence-corrected chi connectivity index (χ0v) is 11.4. The van der Waals surface area contributed by atoms with E-state index in [9.17, 15) is 4.79 Å². The van der Waals surface area contributed by atoms with Gasteiger partial charge < -0.3 is 0 Å². The summed E-state index contributed by atoms with van der Waals surface area (Å²) in [7, 11) is 0. The Bertz CT molecular complexity index is 230. The average molecular weight is 236 g/mol. The molecule has 0 radical (unpaired) electrons. The smallest absolute Gasteiger partial charge is 0.155 e. The normalized spacial score (nSPS) is 28.1. The van der Waals surface area contributed by atoms with E-state index in [2.05, 4.69) is 13.0 Å². The van der Waals surface area contributed by atoms with Crippen molar-refractivity contribution in [3.8, 4) is 0 Å². The number of carbonyl (C=O) groups excluding carboxylic acids is 1. The molecule has 98 valence electrons. The summed E-state index contributed by atoms with van der Waals surface area (Å²) in [5.74, 6) is 0.893. The fourth-order valence-corrected chi connectivity index (χ4v) is 2.54. The van der Waals surface area contributed by atoms with Crippen LogP contribution >= 0.6 is 0 Å². The first-order valence-corrected chi connectivity index (χ1v) is 7.48. The van der Waals surface area contributed by atoms with Gasteiger partial charge in [0.25, 0.3) is 0 Å². The van der Waals surface area contributed by atoms with Gasteiger partial charge in [0.15, 0.2) is 5.78 Å². The first kappa shape index (κ1) is 14.5. The summed E-state index contributed by atoms with van der Waals surface area (Å²) >= 11 is 0. The second-order valence-corrected chi connectivity index (χ2v) is 5.58. The summed E-state index contributed by atoms with van der Waals surface area (Å²) in [4.78, 5) is 11.6. The number of rotatable bonds is 0. The Morgan fingerprint density at radius 2 is 1.53 bits per heavy atom. The van der Waals surface area contributed by atoms with Gasteiger partial charge in [-0.15, -0.1) is 0 Å². The van der Waals surface area contributed by atoms with Gasteiger partial charge in [-0.2, -0.15) is 0 Å². The van der Waals surface area contributed by atoms with Gasteiger partial charge in [0.2, 0.25) is 0 Å². The zero-order chi connectivity index (χ0) is 12.3. The SMILES string of the molecule is CC1CCCCCCCCCC/C=C/C(=O)C1. The van der Waals surface area contributed by atoms with Crippen molar-refractivity contribution in [3.63, 3.8) is 0 Å². The van der Waals surface area contributed by atoms with Crippen molar-refractivity contribution in [2.45, 2.75) is 77.6 Å². The maximum absolute atomic E-state index is 11.6. The van der Waals surface area contributed by atoms with Crippen molar-refractivity contribution >= 4 is 5.78 Å². The van der Waals surface area contributed by atoms with Crippen LogP contribution in [-0.4, -0.2) is 5.78 Å². The highest BCUT2D eigenvalue weighted by atomic mass is 16.1. The fraction of sp³-hybridized carbons (Fsp3) is 0.812. The summed E-state index contributed by atoms with van der Waals surface area (Å²) in [6.07, 6.45) is 17.8. The summed E-state index contributed by atoms with van der Waals surface area (Å²) in [5, 5.41) is 0. The van der Waals surface area contributed by atoms with E-state index >= 15 is 0 Å². The Balaban J connectivity index is 2.31. The molecule has 0 bridgehead atoms. The predicted molar refractivity (Wildman–Crippen MR) is 74.1 cm³/mol. The largest absolute Gasteiger partial charge is 0.295 e. The van der Waals surface area contributed by atoms with Crippen molar-refractivity contribution < 1.29 is 4.79 Å². The minimum atomic E-state index is 0.326. The lowest BCUT2D eigenvalue weighted by Gasteiger charge is -2.08. The van der Waals surface area contributed by atoms with Gasteiger partial charge in [-0.1, -0.05) is 64.4 Å². The molecule has 0 spiro atoms. The van der Waals surface area contributed by atoms with Crippen LogP contribution < -0.4 is 0 Å². The fourth-order valence-electron chi connectivity index (χ4n) is 2.54. The number of hydrogen-bond acceptors (Lipinski definition) is 1. The average Bonchev–Trinajstić information content (AvgIpc) is 2.30. The number of hydrogen-bond donors (Lipinski definition) is 0. The molecule has 1 unspecified atom stereocenters. The van der Waals surface area contributed by atoms with E-state index in [0.29, 0.717) is 11.7 Å². The van der Waals surface area contributed by atoms with Crippen LogP contribution in [0.3, 0.4) is 0 Å². The monoisotopic (exact) mass is 236 g/mol. The van der Waals surface area contributed by atoms with Crippen molar-refractivity contribution in [3.05, 3.63) is 12.2 Å². The first-order valence-electron chi connectivity index (χ1n) is 7.48. The topological polar surface area (TPSA) is 17.1 Å². The van der Waals surface area contributed by atoms with Crippen LogP contribution in [0.5, 0.6) is 0 Å². The molecule has 1 aliphatic rings. The van der Waals surface area contributed by atoms with Gasteiger partial charge in [-0.25, -0.2) is 0 Å². The minimum absolute atomic E-state index is 0.326. The second-order valence-electron chi connectivity index (χ2n) is 5.58. The lowest BCUT2D eigenvalue weighted by molar-refractivity contribution is -0.115. The van der Waals surface area contributed by atoms with E-state index in [0.717, 1.165) is 12.8 Å². The molecule has 1 heteroatoms. The summed E-state index contributed by atoms with van der Waals surface area (Å²) in [6, 6.07) is 0. The van der Waals surface area contributed by atoms with Gasteiger partial charge in [0, 0.05) is 6.42 Å². The maximum Gasteiger partial charge on any atom is 0.155 e. The molecule has 0 fully saturated rings. The molecule has 0 saturated carbocycles. The second kappa shape index (κ2) is 9.44. The lowest BCUT2D eigenvalue weighted by Crippen LogP contribution is -2.02. The van der Waals surface area contributed by atoms with E-state index in [1.54, 1.807) is 0 Å². The van der Waals surface area contributed by atoms with E-state index in [1.165, 1.54) is 57.8 Å². The highest BCUT2D eigenvalue weighted by Gasteiger charge is 2.06. The molecular weight excluding hydrogens is 208 g/mol. The van der Waals surface area contributed by atoms with Crippen molar-refractivity contribution in [2.24, 2.45) is 5.92 Å². The van der Waals surface area contributed by atoms with Crippen molar-refractivity contribution in [2.75, 3.05) is 0 Å². The Morgan fingerprint density at radius 3 is 2.24 bits per heavy atom. The standard InChI is InChI=1S/C16H28O/c1-15-12-10-8-6-4-2-3-5-7-9-11-13-16(17)14-15/h11,13,15H,2-10,12,14H2,1H3/b13-11+. The molecule has 1 atom stereocenters. The minimum Gasteiger partial charge on any atom is -0.295 e. The molecule has 0 N–H and O–H groups in total. The van der Waals surface area contributed by atoms with Gasteiger partial charge in [0.1, 0.15) is 0 Å². The molecule has 17 heavy (non-hydrogen) atoms. The van der Waals surface area contributed by atoms with Crippen molar-refractivity contribution in [1.29, 1.82) is 0 Å². The number of allylic oxidation sites excluding steroid dienone is 2. The van der Waals surface area contributed by atoms with Crippen LogP contribution in [0.15, 0.2) is 12.2 Å². The van der Waals surface area contributed by atoms with E-state index in [-0.39, 0.29) is 0 Å². The Hall–Kier alpha value is -0.590. The molecule has 0 saturated heterocycles.